The molecule has 3 heteroatoms. The van der Waals surface area contributed by atoms with Crippen molar-refractivity contribution in [2.75, 3.05) is 5.32 Å². The van der Waals surface area contributed by atoms with E-state index >= 15 is 0 Å². The molecule has 2 nitrogen and oxygen atoms in total. The number of halogens is 1. The molecule has 24 heavy (non-hydrogen) atoms. The topological polar surface area (TPSA) is 29.1 Å². The van der Waals surface area contributed by atoms with Gasteiger partial charge in [0, 0.05) is 28.0 Å². The lowest BCUT2D eigenvalue weighted by atomic mass is 10.0. The zero-order valence-corrected chi connectivity index (χ0v) is 14.5. The maximum atomic E-state index is 12.2. The quantitative estimate of drug-likeness (QED) is 0.441. The van der Waals surface area contributed by atoms with Crippen LogP contribution in [0.15, 0.2) is 95.6 Å². The van der Waals surface area contributed by atoms with E-state index in [9.17, 15) is 4.79 Å². The summed E-state index contributed by atoms with van der Waals surface area (Å²) in [5.41, 5.74) is 3.85. The molecule has 0 radical (unpaired) electrons. The smallest absolute Gasteiger partial charge is 0.187 e. The lowest BCUT2D eigenvalue weighted by molar-refractivity contribution is 0.104. The summed E-state index contributed by atoms with van der Waals surface area (Å²) in [7, 11) is 0. The van der Waals surface area contributed by atoms with Gasteiger partial charge in [-0.1, -0.05) is 70.5 Å². The van der Waals surface area contributed by atoms with Crippen molar-refractivity contribution in [3.05, 3.63) is 101 Å². The minimum Gasteiger partial charge on any atom is -0.362 e. The van der Waals surface area contributed by atoms with E-state index in [-0.39, 0.29) is 5.78 Å². The van der Waals surface area contributed by atoms with Crippen LogP contribution in [0.25, 0.3) is 11.1 Å². The van der Waals surface area contributed by atoms with Gasteiger partial charge in [-0.25, -0.2) is 0 Å². The minimum absolute atomic E-state index is 0.0285. The van der Waals surface area contributed by atoms with E-state index in [1.165, 1.54) is 0 Å². The first kappa shape index (κ1) is 16.2. The molecule has 0 atom stereocenters. The van der Waals surface area contributed by atoms with Crippen LogP contribution in [0.4, 0.5) is 5.69 Å². The van der Waals surface area contributed by atoms with Crippen molar-refractivity contribution < 1.29 is 4.79 Å². The first-order valence-electron chi connectivity index (χ1n) is 7.61. The third-order valence-corrected chi connectivity index (χ3v) is 4.13. The van der Waals surface area contributed by atoms with E-state index < -0.39 is 0 Å². The average molecular weight is 378 g/mol. The van der Waals surface area contributed by atoms with Crippen molar-refractivity contribution in [3.8, 4) is 11.1 Å². The van der Waals surface area contributed by atoms with Gasteiger partial charge in [0.2, 0.25) is 0 Å². The first-order chi connectivity index (χ1) is 11.7. The van der Waals surface area contributed by atoms with Crippen LogP contribution in [0.1, 0.15) is 10.4 Å². The van der Waals surface area contributed by atoms with Crippen molar-refractivity contribution in [1.29, 1.82) is 0 Å². The molecular weight excluding hydrogens is 362 g/mol. The molecule has 0 aliphatic heterocycles. The highest BCUT2D eigenvalue weighted by Crippen LogP contribution is 2.19. The molecule has 3 aromatic rings. The highest BCUT2D eigenvalue weighted by Gasteiger charge is 2.02. The lowest BCUT2D eigenvalue weighted by Gasteiger charge is -2.03. The summed E-state index contributed by atoms with van der Waals surface area (Å²) >= 11 is 3.39. The second-order valence-corrected chi connectivity index (χ2v) is 6.21. The van der Waals surface area contributed by atoms with Gasteiger partial charge >= 0.3 is 0 Å². The normalized spacial score (nSPS) is 10.7. The summed E-state index contributed by atoms with van der Waals surface area (Å²) in [5.74, 6) is -0.0285. The number of benzene rings is 3. The van der Waals surface area contributed by atoms with Crippen LogP contribution < -0.4 is 5.32 Å². The molecule has 0 unspecified atom stereocenters. The number of allylic oxidation sites excluding steroid dienone is 1. The van der Waals surface area contributed by atoms with Crippen LogP contribution in [0.2, 0.25) is 0 Å². The number of hydrogen-bond donors (Lipinski definition) is 1. The fraction of sp³-hybridized carbons (Fsp3) is 0. The van der Waals surface area contributed by atoms with Crippen molar-refractivity contribution in [3.63, 3.8) is 0 Å². The molecule has 0 saturated heterocycles. The molecule has 1 N–H and O–H groups in total. The number of rotatable bonds is 5. The van der Waals surface area contributed by atoms with Crippen LogP contribution in [-0.4, -0.2) is 5.78 Å². The maximum absolute atomic E-state index is 12.2. The van der Waals surface area contributed by atoms with Crippen LogP contribution in [-0.2, 0) is 0 Å². The Balaban J connectivity index is 1.64. The van der Waals surface area contributed by atoms with E-state index in [1.807, 2.05) is 66.7 Å². The predicted molar refractivity (Wildman–Crippen MR) is 103 cm³/mol. The van der Waals surface area contributed by atoms with E-state index in [1.54, 1.807) is 12.3 Å². The molecule has 118 valence electrons. The summed E-state index contributed by atoms with van der Waals surface area (Å²) in [5, 5.41) is 3.09. The molecule has 0 bridgehead atoms. The predicted octanol–water partition coefficient (Wildman–Crippen LogP) is 5.92. The molecule has 0 aliphatic carbocycles. The third-order valence-electron chi connectivity index (χ3n) is 3.61. The maximum Gasteiger partial charge on any atom is 0.187 e. The van der Waals surface area contributed by atoms with Gasteiger partial charge in [-0.2, -0.15) is 0 Å². The Labute approximate surface area is 150 Å². The molecule has 0 saturated carbocycles. The summed E-state index contributed by atoms with van der Waals surface area (Å²) in [6, 6.07) is 25.5. The van der Waals surface area contributed by atoms with E-state index in [0.717, 1.165) is 21.3 Å². The Hall–Kier alpha value is -2.65. The number of carbonyl (C=O) groups excluding carboxylic acids is 1. The fourth-order valence-electron chi connectivity index (χ4n) is 2.31. The van der Waals surface area contributed by atoms with Crippen LogP contribution in [0.3, 0.4) is 0 Å². The summed E-state index contributed by atoms with van der Waals surface area (Å²) < 4.78 is 1.02. The van der Waals surface area contributed by atoms with Crippen molar-refractivity contribution in [2.45, 2.75) is 0 Å². The van der Waals surface area contributed by atoms with Gasteiger partial charge in [0.05, 0.1) is 0 Å². The first-order valence-corrected chi connectivity index (χ1v) is 8.40. The van der Waals surface area contributed by atoms with Gasteiger partial charge in [0.25, 0.3) is 0 Å². The van der Waals surface area contributed by atoms with Gasteiger partial charge in [-0.05, 0) is 35.4 Å². The largest absolute Gasteiger partial charge is 0.362 e. The molecular formula is C21H16BrNO. The van der Waals surface area contributed by atoms with Gasteiger partial charge in [0.15, 0.2) is 5.78 Å². The SMILES string of the molecule is O=C(/C=C/Nc1ccc(Br)cc1)c1ccc(-c2ccccc2)cc1. The molecule has 3 rings (SSSR count). The lowest BCUT2D eigenvalue weighted by Crippen LogP contribution is -1.96. The van der Waals surface area contributed by atoms with E-state index in [4.69, 9.17) is 0 Å². The van der Waals surface area contributed by atoms with Crippen LogP contribution in [0, 0.1) is 0 Å². The Morgan fingerprint density at radius 2 is 1.42 bits per heavy atom. The summed E-state index contributed by atoms with van der Waals surface area (Å²) in [6.07, 6.45) is 3.20. The highest BCUT2D eigenvalue weighted by atomic mass is 79.9. The molecule has 0 spiro atoms. The molecule has 0 fully saturated rings. The number of anilines is 1. The zero-order chi connectivity index (χ0) is 16.8. The second kappa shape index (κ2) is 7.75. The van der Waals surface area contributed by atoms with Crippen LogP contribution in [0.5, 0.6) is 0 Å². The number of carbonyl (C=O) groups is 1. The van der Waals surface area contributed by atoms with E-state index in [2.05, 4.69) is 33.4 Å². The summed E-state index contributed by atoms with van der Waals surface area (Å²) in [6.45, 7) is 0. The van der Waals surface area contributed by atoms with Crippen molar-refractivity contribution in [1.82, 2.24) is 0 Å². The van der Waals surface area contributed by atoms with Crippen molar-refractivity contribution in [2.24, 2.45) is 0 Å². The number of ketones is 1. The van der Waals surface area contributed by atoms with E-state index in [0.29, 0.717) is 5.56 Å². The highest BCUT2D eigenvalue weighted by molar-refractivity contribution is 9.10. The average Bonchev–Trinajstić information content (AvgIpc) is 2.64. The monoisotopic (exact) mass is 377 g/mol. The molecule has 0 aromatic heterocycles. The van der Waals surface area contributed by atoms with Gasteiger partial charge in [0.1, 0.15) is 0 Å². The Morgan fingerprint density at radius 1 is 0.792 bits per heavy atom. The fourth-order valence-corrected chi connectivity index (χ4v) is 2.58. The second-order valence-electron chi connectivity index (χ2n) is 5.29. The molecule has 3 aromatic carbocycles. The van der Waals surface area contributed by atoms with Gasteiger partial charge < -0.3 is 5.32 Å². The molecule has 0 heterocycles. The van der Waals surface area contributed by atoms with Gasteiger partial charge in [-0.3, -0.25) is 4.79 Å². The Kier molecular flexibility index (Phi) is 5.24. The Morgan fingerprint density at radius 3 is 2.08 bits per heavy atom. The zero-order valence-electron chi connectivity index (χ0n) is 12.9. The molecule has 0 amide bonds. The standard InChI is InChI=1S/C21H16BrNO/c22-19-10-12-20(13-11-19)23-15-14-21(24)18-8-6-17(7-9-18)16-4-2-1-3-5-16/h1-15,23H/b15-14+. The third kappa shape index (κ3) is 4.21. The molecule has 0 aliphatic rings. The minimum atomic E-state index is -0.0285. The number of nitrogens with one attached hydrogen (secondary N) is 1. The number of hydrogen-bond acceptors (Lipinski definition) is 2. The summed E-state index contributed by atoms with van der Waals surface area (Å²) in [4.78, 5) is 12.2. The Bertz CT molecular complexity index is 837. The van der Waals surface area contributed by atoms with Crippen molar-refractivity contribution >= 4 is 27.4 Å². The van der Waals surface area contributed by atoms with Crippen LogP contribution >= 0.6 is 15.9 Å². The van der Waals surface area contributed by atoms with Gasteiger partial charge in [-0.15, -0.1) is 0 Å².